The first kappa shape index (κ1) is 17.1. The van der Waals surface area contributed by atoms with Gasteiger partial charge in [0.15, 0.2) is 5.76 Å². The largest absolute Gasteiger partial charge is 0.461 e. The Balaban J connectivity index is 1.71. The average molecular weight is 357 g/mol. The monoisotopic (exact) mass is 357 g/mol. The van der Waals surface area contributed by atoms with E-state index in [1.54, 1.807) is 19.1 Å². The second kappa shape index (κ2) is 7.02. The molecule has 3 N–H and O–H groups in total. The molecule has 0 aliphatic rings. The van der Waals surface area contributed by atoms with E-state index in [-0.39, 0.29) is 5.91 Å². The van der Waals surface area contributed by atoms with Crippen LogP contribution in [0.4, 0.5) is 5.69 Å². The van der Waals surface area contributed by atoms with Crippen molar-refractivity contribution in [2.24, 2.45) is 0 Å². The molecule has 130 valence electrons. The van der Waals surface area contributed by atoms with E-state index in [9.17, 15) is 4.79 Å². The lowest BCUT2D eigenvalue weighted by Crippen LogP contribution is -2.24. The molecule has 1 amide bonds. The van der Waals surface area contributed by atoms with E-state index in [2.05, 4.69) is 15.5 Å². The molecule has 1 aromatic carbocycles. The second-order valence-corrected chi connectivity index (χ2v) is 7.03. The van der Waals surface area contributed by atoms with Gasteiger partial charge in [-0.05, 0) is 50.1 Å². The molecular formula is C17H19N5O2S. The highest BCUT2D eigenvalue weighted by molar-refractivity contribution is 8.00. The minimum Gasteiger partial charge on any atom is -0.461 e. The molecule has 0 saturated heterocycles. The number of furan rings is 1. The zero-order valence-electron chi connectivity index (χ0n) is 14.2. The highest BCUT2D eigenvalue weighted by Gasteiger charge is 2.21. The Morgan fingerprint density at radius 1 is 1.32 bits per heavy atom. The van der Waals surface area contributed by atoms with E-state index in [1.165, 1.54) is 22.7 Å². The van der Waals surface area contributed by atoms with Crippen LogP contribution in [-0.4, -0.2) is 26.0 Å². The molecular weight excluding hydrogens is 338 g/mol. The third-order valence-corrected chi connectivity index (χ3v) is 4.77. The van der Waals surface area contributed by atoms with Gasteiger partial charge in [-0.15, -0.1) is 10.2 Å². The summed E-state index contributed by atoms with van der Waals surface area (Å²) in [5, 5.41) is 11.1. The van der Waals surface area contributed by atoms with Crippen LogP contribution in [0.25, 0.3) is 11.6 Å². The van der Waals surface area contributed by atoms with Crippen LogP contribution in [0, 0.1) is 13.8 Å². The highest BCUT2D eigenvalue weighted by atomic mass is 32.2. The molecule has 0 bridgehead atoms. The zero-order valence-corrected chi connectivity index (χ0v) is 15.0. The number of anilines is 1. The number of hydrogen-bond donors (Lipinski definition) is 2. The van der Waals surface area contributed by atoms with Crippen molar-refractivity contribution in [1.82, 2.24) is 14.9 Å². The van der Waals surface area contributed by atoms with Gasteiger partial charge in [-0.1, -0.05) is 23.9 Å². The van der Waals surface area contributed by atoms with Crippen molar-refractivity contribution >= 4 is 23.4 Å². The van der Waals surface area contributed by atoms with Crippen molar-refractivity contribution < 1.29 is 9.21 Å². The summed E-state index contributed by atoms with van der Waals surface area (Å²) in [7, 11) is 0. The number of nitrogens with one attached hydrogen (secondary N) is 1. The standard InChI is InChI=1S/C17H19N5O2S/c1-10-6-7-11(2)13(9-10)19-16(23)12(3)25-17-21-20-15(22(17)18)14-5-4-8-24-14/h4-9,12H,18H2,1-3H3,(H,19,23)/t12-/m1/s1. The third-order valence-electron chi connectivity index (χ3n) is 3.71. The summed E-state index contributed by atoms with van der Waals surface area (Å²) in [6.45, 7) is 5.74. The molecule has 1 atom stereocenters. The van der Waals surface area contributed by atoms with Gasteiger partial charge in [-0.3, -0.25) is 4.79 Å². The van der Waals surface area contributed by atoms with Gasteiger partial charge in [-0.25, -0.2) is 4.68 Å². The normalized spacial score (nSPS) is 12.1. The van der Waals surface area contributed by atoms with E-state index in [0.29, 0.717) is 16.7 Å². The Morgan fingerprint density at radius 2 is 2.12 bits per heavy atom. The number of aromatic nitrogens is 3. The maximum Gasteiger partial charge on any atom is 0.237 e. The van der Waals surface area contributed by atoms with Gasteiger partial charge in [0.05, 0.1) is 11.5 Å². The number of hydrogen-bond acceptors (Lipinski definition) is 6. The smallest absolute Gasteiger partial charge is 0.237 e. The number of aryl methyl sites for hydroxylation is 2. The first-order valence-electron chi connectivity index (χ1n) is 7.75. The Labute approximate surface area is 149 Å². The maximum atomic E-state index is 12.5. The number of carbonyl (C=O) groups excluding carboxylic acids is 1. The van der Waals surface area contributed by atoms with Crippen LogP contribution >= 0.6 is 11.8 Å². The lowest BCUT2D eigenvalue weighted by molar-refractivity contribution is -0.115. The fraction of sp³-hybridized carbons (Fsp3) is 0.235. The maximum absolute atomic E-state index is 12.5. The molecule has 25 heavy (non-hydrogen) atoms. The SMILES string of the molecule is Cc1ccc(C)c(NC(=O)[C@@H](C)Sc2nnc(-c3ccco3)n2N)c1. The fourth-order valence-electron chi connectivity index (χ4n) is 2.25. The molecule has 0 unspecified atom stereocenters. The van der Waals surface area contributed by atoms with Crippen LogP contribution in [-0.2, 0) is 4.79 Å². The molecule has 0 radical (unpaired) electrons. The predicted molar refractivity (Wildman–Crippen MR) is 97.7 cm³/mol. The summed E-state index contributed by atoms with van der Waals surface area (Å²) >= 11 is 1.24. The van der Waals surface area contributed by atoms with Crippen molar-refractivity contribution in [2.75, 3.05) is 11.2 Å². The average Bonchev–Trinajstić information content (AvgIpc) is 3.21. The third kappa shape index (κ3) is 3.69. The van der Waals surface area contributed by atoms with E-state index in [0.717, 1.165) is 16.8 Å². The molecule has 7 nitrogen and oxygen atoms in total. The highest BCUT2D eigenvalue weighted by Crippen LogP contribution is 2.26. The molecule has 0 fully saturated rings. The van der Waals surface area contributed by atoms with E-state index < -0.39 is 5.25 Å². The first-order valence-corrected chi connectivity index (χ1v) is 8.63. The number of carbonyl (C=O) groups is 1. The number of thioether (sulfide) groups is 1. The van der Waals surface area contributed by atoms with Crippen molar-refractivity contribution in [3.05, 3.63) is 47.7 Å². The second-order valence-electron chi connectivity index (χ2n) is 5.72. The number of nitrogens with two attached hydrogens (primary N) is 1. The lowest BCUT2D eigenvalue weighted by atomic mass is 10.1. The zero-order chi connectivity index (χ0) is 18.0. The fourth-order valence-corrected chi connectivity index (χ4v) is 3.02. The van der Waals surface area contributed by atoms with Crippen LogP contribution in [0.3, 0.4) is 0 Å². The van der Waals surface area contributed by atoms with E-state index in [4.69, 9.17) is 10.3 Å². The number of nitrogens with zero attached hydrogens (tertiary/aromatic N) is 3. The van der Waals surface area contributed by atoms with Crippen molar-refractivity contribution in [2.45, 2.75) is 31.2 Å². The molecule has 0 spiro atoms. The van der Waals surface area contributed by atoms with Gasteiger partial charge in [0, 0.05) is 5.69 Å². The summed E-state index contributed by atoms with van der Waals surface area (Å²) in [5.74, 6) is 6.83. The first-order chi connectivity index (χ1) is 12.0. The molecule has 3 rings (SSSR count). The van der Waals surface area contributed by atoms with Gasteiger partial charge >= 0.3 is 0 Å². The van der Waals surface area contributed by atoms with Crippen LogP contribution in [0.5, 0.6) is 0 Å². The molecule has 0 aliphatic heterocycles. The summed E-state index contributed by atoms with van der Waals surface area (Å²) < 4.78 is 6.60. The van der Waals surface area contributed by atoms with E-state index in [1.807, 2.05) is 32.0 Å². The van der Waals surface area contributed by atoms with Crippen molar-refractivity contribution in [3.63, 3.8) is 0 Å². The Bertz CT molecular complexity index is 889. The van der Waals surface area contributed by atoms with Crippen LogP contribution in [0.15, 0.2) is 46.2 Å². The molecule has 0 aliphatic carbocycles. The Hall–Kier alpha value is -2.74. The molecule has 0 saturated carbocycles. The van der Waals surface area contributed by atoms with E-state index >= 15 is 0 Å². The van der Waals surface area contributed by atoms with Gasteiger partial charge in [0.1, 0.15) is 0 Å². The molecule has 2 aromatic heterocycles. The van der Waals surface area contributed by atoms with Gasteiger partial charge in [-0.2, -0.15) is 0 Å². The number of nitrogen functional groups attached to an aromatic ring is 1. The summed E-state index contributed by atoms with van der Waals surface area (Å²) in [6, 6.07) is 9.44. The van der Waals surface area contributed by atoms with Crippen LogP contribution in [0.1, 0.15) is 18.1 Å². The van der Waals surface area contributed by atoms with Gasteiger partial charge in [0.2, 0.25) is 16.9 Å². The predicted octanol–water partition coefficient (Wildman–Crippen LogP) is 2.99. The molecule has 2 heterocycles. The minimum absolute atomic E-state index is 0.124. The molecule has 3 aromatic rings. The van der Waals surface area contributed by atoms with Gasteiger partial charge in [0.25, 0.3) is 0 Å². The van der Waals surface area contributed by atoms with Crippen LogP contribution < -0.4 is 11.2 Å². The summed E-state index contributed by atoms with van der Waals surface area (Å²) in [6.07, 6.45) is 1.54. The Kier molecular flexibility index (Phi) is 4.80. The summed E-state index contributed by atoms with van der Waals surface area (Å²) in [4.78, 5) is 12.5. The summed E-state index contributed by atoms with van der Waals surface area (Å²) in [5.41, 5.74) is 2.91. The lowest BCUT2D eigenvalue weighted by Gasteiger charge is -2.13. The van der Waals surface area contributed by atoms with Crippen LogP contribution in [0.2, 0.25) is 0 Å². The van der Waals surface area contributed by atoms with Gasteiger partial charge < -0.3 is 15.6 Å². The molecule has 8 heteroatoms. The Morgan fingerprint density at radius 3 is 2.84 bits per heavy atom. The minimum atomic E-state index is -0.393. The number of amides is 1. The number of rotatable bonds is 5. The van der Waals surface area contributed by atoms with Crippen molar-refractivity contribution in [3.8, 4) is 11.6 Å². The van der Waals surface area contributed by atoms with Crippen molar-refractivity contribution in [1.29, 1.82) is 0 Å². The quantitative estimate of drug-likeness (QED) is 0.538. The topological polar surface area (TPSA) is 99.0 Å². The number of benzene rings is 1.